The number of rotatable bonds is 8. The average Bonchev–Trinajstić information content (AvgIpc) is 3.52. The lowest BCUT2D eigenvalue weighted by Gasteiger charge is -2.61. The molecule has 2 spiro atoms. The van der Waals surface area contributed by atoms with Crippen molar-refractivity contribution in [2.24, 2.45) is 57.2 Å². The number of fused-ring (bicyclic) bond motifs is 2. The van der Waals surface area contributed by atoms with E-state index in [9.17, 15) is 24.3 Å². The summed E-state index contributed by atoms with van der Waals surface area (Å²) in [5.74, 6) is -1.21. The Morgan fingerprint density at radius 2 is 1.78 bits per heavy atom. The molecule has 0 saturated heterocycles. The van der Waals surface area contributed by atoms with Crippen LogP contribution >= 0.6 is 0 Å². The summed E-state index contributed by atoms with van der Waals surface area (Å²) in [6.45, 7) is 17.1. The van der Waals surface area contributed by atoms with Crippen LogP contribution in [0.15, 0.2) is 24.3 Å². The number of hydrogen-bond acceptors (Lipinski definition) is 7. The minimum absolute atomic E-state index is 0.0292. The summed E-state index contributed by atoms with van der Waals surface area (Å²) in [6, 6.07) is 0. The van der Waals surface area contributed by atoms with Crippen LogP contribution in [0.5, 0.6) is 0 Å². The van der Waals surface area contributed by atoms with Gasteiger partial charge in [0.15, 0.2) is 11.6 Å². The first-order valence-corrected chi connectivity index (χ1v) is 15.5. The number of ketones is 2. The van der Waals surface area contributed by atoms with Gasteiger partial charge in [-0.1, -0.05) is 47.3 Å². The van der Waals surface area contributed by atoms with Gasteiger partial charge in [0.2, 0.25) is 0 Å². The summed E-state index contributed by atoms with van der Waals surface area (Å²) < 4.78 is 11.1. The van der Waals surface area contributed by atoms with Gasteiger partial charge in [0.1, 0.15) is 12.2 Å². The van der Waals surface area contributed by atoms with Gasteiger partial charge in [0.05, 0.1) is 6.61 Å². The fourth-order valence-electron chi connectivity index (χ4n) is 10.9. The Bertz CT molecular complexity index is 1200. The van der Waals surface area contributed by atoms with Gasteiger partial charge in [0, 0.05) is 31.6 Å². The van der Waals surface area contributed by atoms with E-state index < -0.39 is 35.8 Å². The molecular weight excluding hydrogens is 520 g/mol. The van der Waals surface area contributed by atoms with Gasteiger partial charge in [-0.15, -0.1) is 0 Å². The zero-order valence-corrected chi connectivity index (χ0v) is 25.8. The molecule has 4 fully saturated rings. The van der Waals surface area contributed by atoms with Gasteiger partial charge in [-0.3, -0.25) is 19.2 Å². The maximum absolute atomic E-state index is 13.5. The van der Waals surface area contributed by atoms with E-state index in [0.29, 0.717) is 18.3 Å². The van der Waals surface area contributed by atoms with Gasteiger partial charge in [0.25, 0.3) is 0 Å². The third-order valence-electron chi connectivity index (χ3n) is 13.1. The highest BCUT2D eigenvalue weighted by Gasteiger charge is 2.81. The number of ether oxygens (including phenoxy) is 2. The zero-order valence-electron chi connectivity index (χ0n) is 25.8. The van der Waals surface area contributed by atoms with Crippen molar-refractivity contribution in [3.8, 4) is 0 Å². The van der Waals surface area contributed by atoms with E-state index in [-0.39, 0.29) is 57.4 Å². The summed E-state index contributed by atoms with van der Waals surface area (Å²) >= 11 is 0. The minimum atomic E-state index is -1.31. The van der Waals surface area contributed by atoms with Crippen LogP contribution in [0.25, 0.3) is 0 Å². The molecule has 5 aliphatic rings. The quantitative estimate of drug-likeness (QED) is 0.315. The molecule has 1 N–H and O–H groups in total. The molecule has 0 radical (unpaired) electrons. The van der Waals surface area contributed by atoms with Crippen molar-refractivity contribution in [1.29, 1.82) is 0 Å². The molecule has 7 heteroatoms. The molecule has 0 heterocycles. The lowest BCUT2D eigenvalue weighted by atomic mass is 9.43. The van der Waals surface area contributed by atoms with Crippen LogP contribution in [0.1, 0.15) is 87.0 Å². The summed E-state index contributed by atoms with van der Waals surface area (Å²) in [4.78, 5) is 49.7. The molecule has 12 atom stereocenters. The van der Waals surface area contributed by atoms with Crippen molar-refractivity contribution in [1.82, 2.24) is 0 Å². The zero-order chi connectivity index (χ0) is 30.3. The van der Waals surface area contributed by atoms with Gasteiger partial charge in [-0.05, 0) is 89.6 Å². The molecule has 0 aromatic heterocycles. The van der Waals surface area contributed by atoms with Crippen molar-refractivity contribution in [3.63, 3.8) is 0 Å². The van der Waals surface area contributed by atoms with Crippen LogP contribution in [0, 0.1) is 57.2 Å². The molecule has 0 aromatic carbocycles. The van der Waals surface area contributed by atoms with Crippen molar-refractivity contribution in [3.05, 3.63) is 24.3 Å². The first-order chi connectivity index (χ1) is 19.1. The Hall–Kier alpha value is -2.28. The molecule has 0 amide bonds. The molecular formula is C34H48O7. The third-order valence-corrected chi connectivity index (χ3v) is 13.1. The Morgan fingerprint density at radius 3 is 2.41 bits per heavy atom. The Labute approximate surface area is 244 Å². The third kappa shape index (κ3) is 4.15. The van der Waals surface area contributed by atoms with E-state index >= 15 is 0 Å². The number of hydrogen-bond donors (Lipinski definition) is 1. The molecule has 0 bridgehead atoms. The highest BCUT2D eigenvalue weighted by molar-refractivity contribution is 5.98. The maximum atomic E-state index is 13.5. The van der Waals surface area contributed by atoms with Gasteiger partial charge < -0.3 is 14.6 Å². The van der Waals surface area contributed by atoms with Crippen molar-refractivity contribution in [2.75, 3.05) is 6.61 Å². The normalized spacial score (nSPS) is 44.3. The van der Waals surface area contributed by atoms with Crippen molar-refractivity contribution >= 4 is 23.5 Å². The first kappa shape index (κ1) is 30.2. The largest absolute Gasteiger partial charge is 0.465 e. The second kappa shape index (κ2) is 9.89. The fraction of sp³-hybridized carbons (Fsp3) is 0.765. The number of carbonyl (C=O) groups is 4. The molecule has 4 saturated carbocycles. The lowest BCUT2D eigenvalue weighted by molar-refractivity contribution is -0.155. The molecule has 5 aliphatic carbocycles. The summed E-state index contributed by atoms with van der Waals surface area (Å²) in [5.41, 5.74) is 0.0575. The van der Waals surface area contributed by atoms with Crippen LogP contribution in [0.3, 0.4) is 0 Å². The number of allylic oxidation sites excluding steroid dienone is 2. The van der Waals surface area contributed by atoms with E-state index in [1.807, 2.05) is 13.0 Å². The topological polar surface area (TPSA) is 107 Å². The highest BCUT2D eigenvalue weighted by Crippen LogP contribution is 2.87. The second-order valence-electron chi connectivity index (χ2n) is 14.7. The van der Waals surface area contributed by atoms with Gasteiger partial charge in [-0.25, -0.2) is 0 Å². The maximum Gasteiger partial charge on any atom is 0.302 e. The van der Waals surface area contributed by atoms with E-state index in [2.05, 4.69) is 33.4 Å². The molecule has 226 valence electrons. The van der Waals surface area contributed by atoms with Gasteiger partial charge in [-0.2, -0.15) is 0 Å². The van der Waals surface area contributed by atoms with E-state index in [4.69, 9.17) is 9.47 Å². The average molecular weight is 569 g/mol. The number of carbonyl (C=O) groups excluding carboxylic acids is 4. The van der Waals surface area contributed by atoms with Crippen molar-refractivity contribution < 1.29 is 33.8 Å². The minimum Gasteiger partial charge on any atom is -0.465 e. The monoisotopic (exact) mass is 568 g/mol. The van der Waals surface area contributed by atoms with Gasteiger partial charge >= 0.3 is 11.9 Å². The Kier molecular flexibility index (Phi) is 7.28. The molecule has 0 aromatic rings. The van der Waals surface area contributed by atoms with Crippen LogP contribution in [0.2, 0.25) is 0 Å². The summed E-state index contributed by atoms with van der Waals surface area (Å²) in [5, 5.41) is 11.5. The standard InChI is InChI=1S/C34H48O7/c1-18(16-40-22(5)35)19(2)29(38)30(39)21(4)28-26(41-23(6)36)15-32(8)27-10-9-24-20(3)25(37)11-12-33(24)17-34(27,33)14-13-31(28,32)7/h11-12,18,20-21,24,26-28,30,39H,2,9-10,13-17H2,1,3-8H3/t18-,20-,21-,24-,26-,27?,28-,30+,31+,32-,33+,34-/m0/s1. The summed E-state index contributed by atoms with van der Waals surface area (Å²) in [7, 11) is 0. The SMILES string of the molecule is C=C(C(=O)[C@H](O)[C@@H](C)[C@H]1[C@@H](OC(C)=O)C[C@@]2(C)C3CC[C@H]4[C@H](C)C(=O)C=C[C@@]45C[C@@]35CC[C@]12C)[C@@H](C)COC(C)=O. The van der Waals surface area contributed by atoms with E-state index in [0.717, 1.165) is 32.1 Å². The highest BCUT2D eigenvalue weighted by atomic mass is 16.5. The first-order valence-electron chi connectivity index (χ1n) is 15.5. The molecule has 1 unspecified atom stereocenters. The molecule has 7 nitrogen and oxygen atoms in total. The van der Waals surface area contributed by atoms with Crippen molar-refractivity contribution in [2.45, 2.75) is 99.2 Å². The Morgan fingerprint density at radius 1 is 1.10 bits per heavy atom. The smallest absolute Gasteiger partial charge is 0.302 e. The number of aliphatic hydroxyl groups is 1. The molecule has 41 heavy (non-hydrogen) atoms. The van der Waals surface area contributed by atoms with Crippen LogP contribution in [-0.2, 0) is 28.7 Å². The number of Topliss-reactive ketones (excluding diaryl/α,β-unsaturated/α-hetero) is 1. The predicted molar refractivity (Wildman–Crippen MR) is 153 cm³/mol. The molecule has 5 rings (SSSR count). The summed E-state index contributed by atoms with van der Waals surface area (Å²) in [6.07, 6.45) is 8.23. The van der Waals surface area contributed by atoms with Crippen LogP contribution in [0.4, 0.5) is 0 Å². The second-order valence-corrected chi connectivity index (χ2v) is 14.7. The van der Waals surface area contributed by atoms with Crippen LogP contribution in [-0.4, -0.2) is 47.4 Å². The molecule has 0 aliphatic heterocycles. The lowest BCUT2D eigenvalue weighted by Crippen LogP contribution is -2.56. The Balaban J connectivity index is 1.45. The number of aliphatic hydroxyl groups excluding tert-OH is 1. The van der Waals surface area contributed by atoms with Crippen LogP contribution < -0.4 is 0 Å². The number of esters is 2. The predicted octanol–water partition coefficient (Wildman–Crippen LogP) is 5.24. The van der Waals surface area contributed by atoms with E-state index in [1.54, 1.807) is 6.92 Å². The van der Waals surface area contributed by atoms with E-state index in [1.165, 1.54) is 13.8 Å². The fourth-order valence-corrected chi connectivity index (χ4v) is 10.9.